The molecule has 2 N–H and O–H groups in total. The first-order valence-corrected chi connectivity index (χ1v) is 11.7. The summed E-state index contributed by atoms with van der Waals surface area (Å²) in [5, 5.41) is 2.91. The minimum absolute atomic E-state index is 0.0780. The second kappa shape index (κ2) is 10.6. The van der Waals surface area contributed by atoms with Crippen molar-refractivity contribution in [3.8, 4) is 0 Å². The molecule has 3 rings (SSSR count). The van der Waals surface area contributed by atoms with Gasteiger partial charge in [-0.1, -0.05) is 12.8 Å². The molecular weight excluding hydrogens is 390 g/mol. The Bertz CT molecular complexity index is 856. The summed E-state index contributed by atoms with van der Waals surface area (Å²) < 4.78 is 32.3. The van der Waals surface area contributed by atoms with Gasteiger partial charge >= 0.3 is 0 Å². The summed E-state index contributed by atoms with van der Waals surface area (Å²) >= 11 is 0. The monoisotopic (exact) mass is 419 g/mol. The van der Waals surface area contributed by atoms with Gasteiger partial charge in [-0.3, -0.25) is 4.79 Å². The van der Waals surface area contributed by atoms with Crippen LogP contribution < -0.4 is 10.0 Å². The summed E-state index contributed by atoms with van der Waals surface area (Å²) in [4.78, 5) is 14.9. The van der Waals surface area contributed by atoms with E-state index in [-0.39, 0.29) is 17.3 Å². The zero-order valence-corrected chi connectivity index (χ0v) is 17.4. The lowest BCUT2D eigenvalue weighted by atomic mass is 10.2. The topological polar surface area (TPSA) is 91.7 Å². The molecule has 0 bridgehead atoms. The van der Waals surface area contributed by atoms with Gasteiger partial charge in [0.2, 0.25) is 10.0 Å². The van der Waals surface area contributed by atoms with Crippen molar-refractivity contribution in [1.29, 1.82) is 0 Å². The molecule has 1 fully saturated rings. The third-order valence-electron chi connectivity index (χ3n) is 5.08. The molecular formula is C21H29N3O4S. The number of nitrogens with zero attached hydrogens (tertiary/aromatic N) is 1. The van der Waals surface area contributed by atoms with Crippen LogP contribution in [0.5, 0.6) is 0 Å². The fourth-order valence-corrected chi connectivity index (χ4v) is 4.41. The molecule has 1 saturated heterocycles. The Morgan fingerprint density at radius 3 is 2.41 bits per heavy atom. The van der Waals surface area contributed by atoms with Gasteiger partial charge in [-0.2, -0.15) is 0 Å². The molecule has 29 heavy (non-hydrogen) atoms. The molecule has 0 atom stereocenters. The highest BCUT2D eigenvalue weighted by Crippen LogP contribution is 2.12. The van der Waals surface area contributed by atoms with Gasteiger partial charge in [-0.05, 0) is 75.3 Å². The lowest BCUT2D eigenvalue weighted by Crippen LogP contribution is -2.30. The molecule has 1 aliphatic heterocycles. The molecule has 2 heterocycles. The molecule has 8 heteroatoms. The van der Waals surface area contributed by atoms with Gasteiger partial charge in [0.25, 0.3) is 5.91 Å². The smallest absolute Gasteiger partial charge is 0.251 e. The first-order valence-electron chi connectivity index (χ1n) is 10.2. The number of hydrogen-bond donors (Lipinski definition) is 2. The summed E-state index contributed by atoms with van der Waals surface area (Å²) in [6.07, 6.45) is 7.56. The van der Waals surface area contributed by atoms with Gasteiger partial charge in [-0.15, -0.1) is 0 Å². The lowest BCUT2D eigenvalue weighted by molar-refractivity contribution is 0.0951. The second-order valence-electron chi connectivity index (χ2n) is 7.29. The van der Waals surface area contributed by atoms with E-state index in [0.29, 0.717) is 17.9 Å². The fraction of sp³-hybridized carbons (Fsp3) is 0.476. The van der Waals surface area contributed by atoms with E-state index in [1.54, 1.807) is 12.1 Å². The van der Waals surface area contributed by atoms with Gasteiger partial charge in [0.15, 0.2) is 0 Å². The van der Waals surface area contributed by atoms with Gasteiger partial charge in [-0.25, -0.2) is 13.1 Å². The van der Waals surface area contributed by atoms with Crippen LogP contribution in [0.3, 0.4) is 0 Å². The number of benzene rings is 1. The van der Waals surface area contributed by atoms with E-state index in [9.17, 15) is 13.2 Å². The number of rotatable bonds is 9. The van der Waals surface area contributed by atoms with E-state index >= 15 is 0 Å². The second-order valence-corrected chi connectivity index (χ2v) is 9.06. The summed E-state index contributed by atoms with van der Waals surface area (Å²) in [5.41, 5.74) is 0.449. The van der Waals surface area contributed by atoms with Crippen molar-refractivity contribution in [2.24, 2.45) is 0 Å². The number of carbonyl (C=O) groups excluding carboxylic acids is 1. The maximum Gasteiger partial charge on any atom is 0.251 e. The van der Waals surface area contributed by atoms with Crippen LogP contribution in [0, 0.1) is 0 Å². The normalized spacial score (nSPS) is 15.7. The number of likely N-dealkylation sites (tertiary alicyclic amines) is 1. The number of amides is 1. The van der Waals surface area contributed by atoms with E-state index in [1.165, 1.54) is 56.2 Å². The Morgan fingerprint density at radius 2 is 1.76 bits per heavy atom. The van der Waals surface area contributed by atoms with Crippen molar-refractivity contribution in [2.45, 2.75) is 43.5 Å². The highest BCUT2D eigenvalue weighted by Gasteiger charge is 2.15. The molecule has 7 nitrogen and oxygen atoms in total. The van der Waals surface area contributed by atoms with Crippen molar-refractivity contribution in [3.05, 3.63) is 54.0 Å². The van der Waals surface area contributed by atoms with E-state index in [1.807, 2.05) is 0 Å². The van der Waals surface area contributed by atoms with E-state index in [0.717, 1.165) is 26.1 Å². The Morgan fingerprint density at radius 1 is 1.03 bits per heavy atom. The minimum atomic E-state index is -3.66. The highest BCUT2D eigenvalue weighted by atomic mass is 32.2. The molecule has 0 radical (unpaired) electrons. The molecule has 0 spiro atoms. The average molecular weight is 420 g/mol. The summed E-state index contributed by atoms with van der Waals surface area (Å²) in [6, 6.07) is 9.35. The van der Waals surface area contributed by atoms with Crippen LogP contribution in [0.25, 0.3) is 0 Å². The van der Waals surface area contributed by atoms with Gasteiger partial charge in [0, 0.05) is 12.1 Å². The summed E-state index contributed by atoms with van der Waals surface area (Å²) in [7, 11) is -3.66. The maximum atomic E-state index is 12.3. The van der Waals surface area contributed by atoms with E-state index in [2.05, 4.69) is 14.9 Å². The first-order chi connectivity index (χ1) is 14.0. The summed E-state index contributed by atoms with van der Waals surface area (Å²) in [5.74, 6) is 0.345. The van der Waals surface area contributed by atoms with E-state index < -0.39 is 10.0 Å². The number of nitrogens with one attached hydrogen (secondary N) is 2. The van der Waals surface area contributed by atoms with Crippen molar-refractivity contribution in [3.63, 3.8) is 0 Å². The van der Waals surface area contributed by atoms with Crippen molar-refractivity contribution in [1.82, 2.24) is 14.9 Å². The van der Waals surface area contributed by atoms with Crippen molar-refractivity contribution < 1.29 is 17.6 Å². The average Bonchev–Trinajstić information content (AvgIpc) is 3.12. The minimum Gasteiger partial charge on any atom is -0.468 e. The first kappa shape index (κ1) is 21.5. The number of furan rings is 1. The number of sulfonamides is 1. The Balaban J connectivity index is 1.44. The van der Waals surface area contributed by atoms with Crippen molar-refractivity contribution in [2.75, 3.05) is 26.2 Å². The lowest BCUT2D eigenvalue weighted by Gasteiger charge is -2.19. The molecule has 0 aliphatic carbocycles. The van der Waals surface area contributed by atoms with Gasteiger partial charge in [0.05, 0.1) is 17.7 Å². The standard InChI is InChI=1S/C21H29N3O4S/c25-21(22-12-6-15-24-13-3-1-2-4-14-24)18-8-10-20(11-9-18)29(26,27)23-17-19-7-5-16-28-19/h5,7-11,16,23H,1-4,6,12-15,17H2,(H,22,25). The number of carbonyl (C=O) groups is 1. The van der Waals surface area contributed by atoms with Crippen LogP contribution in [-0.4, -0.2) is 45.4 Å². The third-order valence-corrected chi connectivity index (χ3v) is 6.50. The molecule has 1 aromatic carbocycles. The highest BCUT2D eigenvalue weighted by molar-refractivity contribution is 7.89. The predicted octanol–water partition coefficient (Wildman–Crippen LogP) is 2.75. The largest absolute Gasteiger partial charge is 0.468 e. The fourth-order valence-electron chi connectivity index (χ4n) is 3.41. The van der Waals surface area contributed by atoms with Crippen LogP contribution >= 0.6 is 0 Å². The predicted molar refractivity (Wildman–Crippen MR) is 111 cm³/mol. The van der Waals surface area contributed by atoms with Crippen LogP contribution in [0.15, 0.2) is 52.0 Å². The Hall–Kier alpha value is -2.16. The third kappa shape index (κ3) is 6.69. The molecule has 0 unspecified atom stereocenters. The molecule has 1 aliphatic rings. The Labute approximate surface area is 172 Å². The molecule has 2 aromatic rings. The van der Waals surface area contributed by atoms with E-state index in [4.69, 9.17) is 4.42 Å². The Kier molecular flexibility index (Phi) is 7.85. The number of hydrogen-bond acceptors (Lipinski definition) is 5. The van der Waals surface area contributed by atoms with Crippen LogP contribution in [-0.2, 0) is 16.6 Å². The molecule has 1 amide bonds. The maximum absolute atomic E-state index is 12.3. The van der Waals surface area contributed by atoms with Crippen LogP contribution in [0.1, 0.15) is 48.2 Å². The molecule has 0 saturated carbocycles. The molecule has 158 valence electrons. The summed E-state index contributed by atoms with van der Waals surface area (Å²) in [6.45, 7) is 3.99. The van der Waals surface area contributed by atoms with Gasteiger partial charge < -0.3 is 14.6 Å². The van der Waals surface area contributed by atoms with Crippen LogP contribution in [0.4, 0.5) is 0 Å². The zero-order valence-electron chi connectivity index (χ0n) is 16.6. The zero-order chi connectivity index (χ0) is 20.5. The molecule has 1 aromatic heterocycles. The SMILES string of the molecule is O=C(NCCCN1CCCCCC1)c1ccc(S(=O)(=O)NCc2ccco2)cc1. The van der Waals surface area contributed by atoms with Crippen LogP contribution in [0.2, 0.25) is 0 Å². The van der Waals surface area contributed by atoms with Crippen molar-refractivity contribution >= 4 is 15.9 Å². The van der Waals surface area contributed by atoms with Gasteiger partial charge in [0.1, 0.15) is 5.76 Å². The quantitative estimate of drug-likeness (QED) is 0.610.